The third-order valence-electron chi connectivity index (χ3n) is 4.51. The summed E-state index contributed by atoms with van der Waals surface area (Å²) in [7, 11) is 0. The Morgan fingerprint density at radius 1 is 1.14 bits per heavy atom. The summed E-state index contributed by atoms with van der Waals surface area (Å²) in [4.78, 5) is 23.2. The number of rotatable bonds is 6. The van der Waals surface area contributed by atoms with Crippen LogP contribution in [0.15, 0.2) is 35.5 Å². The topological polar surface area (TPSA) is 116 Å². The predicted octanol–water partition coefficient (Wildman–Crippen LogP) is 3.53. The summed E-state index contributed by atoms with van der Waals surface area (Å²) < 4.78 is 1.60. The highest BCUT2D eigenvalue weighted by molar-refractivity contribution is 7.99. The van der Waals surface area contributed by atoms with E-state index in [0.717, 1.165) is 39.7 Å². The van der Waals surface area contributed by atoms with Crippen molar-refractivity contribution in [1.82, 2.24) is 20.2 Å². The normalized spacial score (nSPS) is 10.8. The number of thioether (sulfide) groups is 1. The van der Waals surface area contributed by atoms with Gasteiger partial charge >= 0.3 is 0 Å². The summed E-state index contributed by atoms with van der Waals surface area (Å²) in [5.74, 6) is -0.368. The van der Waals surface area contributed by atoms with Crippen LogP contribution in [0.25, 0.3) is 5.69 Å². The minimum Gasteiger partial charge on any atom is -0.320 e. The Labute approximate surface area is 171 Å². The van der Waals surface area contributed by atoms with Crippen molar-refractivity contribution in [2.75, 3.05) is 11.1 Å². The van der Waals surface area contributed by atoms with Gasteiger partial charge in [-0.25, -0.2) is 0 Å². The van der Waals surface area contributed by atoms with Crippen LogP contribution in [0.2, 0.25) is 0 Å². The second kappa shape index (κ2) is 8.39. The Morgan fingerprint density at radius 3 is 2.45 bits per heavy atom. The second-order valence-corrected chi connectivity index (χ2v) is 7.60. The maximum Gasteiger partial charge on any atom is 0.293 e. The molecule has 2 aromatic carbocycles. The average molecular weight is 412 g/mol. The SMILES string of the molecule is Cc1cc(NC(=O)CSc2nnnn2-c2c(C)cccc2C)c([N+](=O)[O-])cc1C. The number of anilines is 1. The van der Waals surface area contributed by atoms with Crippen LogP contribution in [0.1, 0.15) is 22.3 Å². The van der Waals surface area contributed by atoms with Crippen LogP contribution in [-0.2, 0) is 4.79 Å². The molecule has 3 aromatic rings. The van der Waals surface area contributed by atoms with E-state index in [4.69, 9.17) is 0 Å². The van der Waals surface area contributed by atoms with Gasteiger partial charge in [0, 0.05) is 6.07 Å². The monoisotopic (exact) mass is 412 g/mol. The third kappa shape index (κ3) is 4.43. The lowest BCUT2D eigenvalue weighted by atomic mass is 10.1. The van der Waals surface area contributed by atoms with Crippen LogP contribution < -0.4 is 5.32 Å². The maximum atomic E-state index is 12.4. The molecule has 9 nitrogen and oxygen atoms in total. The smallest absolute Gasteiger partial charge is 0.293 e. The van der Waals surface area contributed by atoms with Crippen molar-refractivity contribution in [2.45, 2.75) is 32.9 Å². The zero-order valence-corrected chi connectivity index (χ0v) is 17.3. The average Bonchev–Trinajstić information content (AvgIpc) is 3.10. The summed E-state index contributed by atoms with van der Waals surface area (Å²) in [5.41, 5.74) is 4.58. The molecule has 0 unspecified atom stereocenters. The molecule has 3 rings (SSSR count). The highest BCUT2D eigenvalue weighted by Crippen LogP contribution is 2.29. The van der Waals surface area contributed by atoms with E-state index in [0.29, 0.717) is 5.16 Å². The molecule has 0 atom stereocenters. The molecule has 0 aliphatic heterocycles. The van der Waals surface area contributed by atoms with Crippen molar-refractivity contribution in [3.8, 4) is 5.69 Å². The lowest BCUT2D eigenvalue weighted by Gasteiger charge is -2.11. The molecule has 10 heteroatoms. The number of aromatic nitrogens is 4. The van der Waals surface area contributed by atoms with Gasteiger partial charge in [0.15, 0.2) is 0 Å². The number of nitrogens with zero attached hydrogens (tertiary/aromatic N) is 5. The number of benzene rings is 2. The zero-order chi connectivity index (χ0) is 21.1. The van der Waals surface area contributed by atoms with E-state index >= 15 is 0 Å². The molecule has 29 heavy (non-hydrogen) atoms. The first-order valence-corrected chi connectivity index (χ1v) is 9.79. The molecule has 1 aromatic heterocycles. The Morgan fingerprint density at radius 2 is 1.79 bits per heavy atom. The lowest BCUT2D eigenvalue weighted by Crippen LogP contribution is -2.16. The molecule has 0 aliphatic rings. The van der Waals surface area contributed by atoms with Gasteiger partial charge in [0.1, 0.15) is 5.69 Å². The van der Waals surface area contributed by atoms with Gasteiger partial charge in [-0.15, -0.1) is 5.10 Å². The quantitative estimate of drug-likeness (QED) is 0.374. The molecule has 0 fully saturated rings. The predicted molar refractivity (Wildman–Crippen MR) is 111 cm³/mol. The van der Waals surface area contributed by atoms with E-state index in [-0.39, 0.29) is 23.0 Å². The Bertz CT molecular complexity index is 1080. The first-order valence-electron chi connectivity index (χ1n) is 8.81. The zero-order valence-electron chi connectivity index (χ0n) is 16.5. The molecule has 0 radical (unpaired) electrons. The molecular weight excluding hydrogens is 392 g/mol. The Kier molecular flexibility index (Phi) is 5.92. The number of nitro benzene ring substituents is 1. The van der Waals surface area contributed by atoms with Crippen LogP contribution >= 0.6 is 11.8 Å². The number of para-hydroxylation sites is 1. The fraction of sp³-hybridized carbons (Fsp3) is 0.263. The van der Waals surface area contributed by atoms with E-state index in [1.54, 1.807) is 17.7 Å². The van der Waals surface area contributed by atoms with Crippen LogP contribution in [-0.4, -0.2) is 36.8 Å². The van der Waals surface area contributed by atoms with E-state index in [2.05, 4.69) is 20.8 Å². The van der Waals surface area contributed by atoms with Gasteiger partial charge in [0.2, 0.25) is 11.1 Å². The number of hydrogen-bond acceptors (Lipinski definition) is 7. The molecule has 0 aliphatic carbocycles. The van der Waals surface area contributed by atoms with Gasteiger partial charge in [-0.3, -0.25) is 14.9 Å². The van der Waals surface area contributed by atoms with Crippen molar-refractivity contribution in [1.29, 1.82) is 0 Å². The molecular formula is C19H20N6O3S. The minimum absolute atomic E-state index is 0.00931. The van der Waals surface area contributed by atoms with Gasteiger partial charge in [-0.1, -0.05) is 30.0 Å². The summed E-state index contributed by atoms with van der Waals surface area (Å²) in [6.45, 7) is 7.55. The highest BCUT2D eigenvalue weighted by atomic mass is 32.2. The Hall–Kier alpha value is -3.27. The summed E-state index contributed by atoms with van der Waals surface area (Å²) in [5, 5.41) is 26.2. The number of amides is 1. The van der Waals surface area contributed by atoms with Gasteiger partial charge in [-0.05, 0) is 66.4 Å². The lowest BCUT2D eigenvalue weighted by molar-refractivity contribution is -0.384. The van der Waals surface area contributed by atoms with Gasteiger partial charge in [0.25, 0.3) is 5.69 Å². The van der Waals surface area contributed by atoms with Crippen LogP contribution in [0.4, 0.5) is 11.4 Å². The number of carbonyl (C=O) groups is 1. The first-order chi connectivity index (χ1) is 13.8. The van der Waals surface area contributed by atoms with Crippen molar-refractivity contribution >= 4 is 29.0 Å². The van der Waals surface area contributed by atoms with Crippen LogP contribution in [0.3, 0.4) is 0 Å². The van der Waals surface area contributed by atoms with Crippen LogP contribution in [0.5, 0.6) is 0 Å². The summed E-state index contributed by atoms with van der Waals surface area (Å²) in [6.07, 6.45) is 0. The molecule has 1 N–H and O–H groups in total. The number of carbonyl (C=O) groups excluding carboxylic acids is 1. The molecule has 150 valence electrons. The number of nitrogens with one attached hydrogen (secondary N) is 1. The number of hydrogen-bond donors (Lipinski definition) is 1. The number of nitro groups is 1. The summed E-state index contributed by atoms with van der Waals surface area (Å²) >= 11 is 1.16. The molecule has 1 amide bonds. The molecule has 0 spiro atoms. The number of aryl methyl sites for hydroxylation is 4. The van der Waals surface area contributed by atoms with Crippen molar-refractivity contribution in [3.63, 3.8) is 0 Å². The van der Waals surface area contributed by atoms with Crippen molar-refractivity contribution in [3.05, 3.63) is 62.7 Å². The fourth-order valence-electron chi connectivity index (χ4n) is 2.92. The van der Waals surface area contributed by atoms with Crippen molar-refractivity contribution < 1.29 is 9.72 Å². The van der Waals surface area contributed by atoms with Crippen molar-refractivity contribution in [2.24, 2.45) is 0 Å². The third-order valence-corrected chi connectivity index (χ3v) is 5.43. The van der Waals surface area contributed by atoms with Gasteiger partial charge in [0.05, 0.1) is 16.4 Å². The first kappa shape index (κ1) is 20.5. The van der Waals surface area contributed by atoms with E-state index in [1.165, 1.54) is 6.07 Å². The minimum atomic E-state index is -0.503. The molecule has 0 bridgehead atoms. The summed E-state index contributed by atoms with van der Waals surface area (Å²) in [6, 6.07) is 8.94. The van der Waals surface area contributed by atoms with E-state index in [1.807, 2.05) is 39.0 Å². The van der Waals surface area contributed by atoms with E-state index in [9.17, 15) is 14.9 Å². The fourth-order valence-corrected chi connectivity index (χ4v) is 3.59. The van der Waals surface area contributed by atoms with Gasteiger partial charge < -0.3 is 5.32 Å². The molecule has 0 saturated heterocycles. The largest absolute Gasteiger partial charge is 0.320 e. The second-order valence-electron chi connectivity index (χ2n) is 6.66. The highest BCUT2D eigenvalue weighted by Gasteiger charge is 2.19. The van der Waals surface area contributed by atoms with Gasteiger partial charge in [-0.2, -0.15) is 4.68 Å². The number of tetrazole rings is 1. The standard InChI is InChI=1S/C19H20N6O3S/c1-11-6-5-7-12(2)18(11)24-19(21-22-23-24)29-10-17(26)20-15-8-13(3)14(4)9-16(15)25(27)28/h5-9H,10H2,1-4H3,(H,20,26). The molecule has 0 saturated carbocycles. The van der Waals surface area contributed by atoms with E-state index < -0.39 is 4.92 Å². The Balaban J connectivity index is 1.76. The van der Waals surface area contributed by atoms with Crippen LogP contribution in [0, 0.1) is 37.8 Å². The maximum absolute atomic E-state index is 12.4. The molecule has 1 heterocycles.